The minimum absolute atomic E-state index is 0.0122. The van der Waals surface area contributed by atoms with E-state index in [-0.39, 0.29) is 12.5 Å². The van der Waals surface area contributed by atoms with Gasteiger partial charge >= 0.3 is 0 Å². The topological polar surface area (TPSA) is 41.6 Å². The van der Waals surface area contributed by atoms with Crippen LogP contribution in [0.3, 0.4) is 0 Å². The van der Waals surface area contributed by atoms with Crippen LogP contribution in [0, 0.1) is 0 Å². The molecular formula is C15H30N2O2. The van der Waals surface area contributed by atoms with Crippen molar-refractivity contribution < 1.29 is 9.53 Å². The van der Waals surface area contributed by atoms with Crippen LogP contribution < -0.4 is 5.32 Å². The number of carbonyl (C=O) groups is 1. The van der Waals surface area contributed by atoms with E-state index in [1.807, 2.05) is 0 Å². The molecule has 1 aliphatic rings. The van der Waals surface area contributed by atoms with Crippen molar-refractivity contribution in [3.05, 3.63) is 0 Å². The van der Waals surface area contributed by atoms with Crippen LogP contribution in [0.4, 0.5) is 0 Å². The van der Waals surface area contributed by atoms with Gasteiger partial charge in [0.1, 0.15) is 6.61 Å². The molecule has 0 aromatic rings. The molecule has 1 rings (SSSR count). The molecule has 0 aromatic carbocycles. The van der Waals surface area contributed by atoms with E-state index in [2.05, 4.69) is 17.3 Å². The van der Waals surface area contributed by atoms with Crippen molar-refractivity contribution in [3.63, 3.8) is 0 Å². The lowest BCUT2D eigenvalue weighted by Gasteiger charge is -2.31. The molecule has 0 saturated heterocycles. The molecule has 0 aromatic heterocycles. The van der Waals surface area contributed by atoms with Gasteiger partial charge in [0.25, 0.3) is 0 Å². The van der Waals surface area contributed by atoms with Crippen LogP contribution in [-0.2, 0) is 9.53 Å². The summed E-state index contributed by atoms with van der Waals surface area (Å²) in [5.74, 6) is -0.0122. The summed E-state index contributed by atoms with van der Waals surface area (Å²) in [6.45, 7) is 2.14. The Morgan fingerprint density at radius 3 is 2.63 bits per heavy atom. The molecule has 1 amide bonds. The normalized spacial score (nSPS) is 16.8. The Bertz CT molecular complexity index is 240. The van der Waals surface area contributed by atoms with E-state index in [4.69, 9.17) is 4.74 Å². The van der Waals surface area contributed by atoms with Gasteiger partial charge in [-0.2, -0.15) is 0 Å². The molecule has 4 heteroatoms. The molecule has 0 spiro atoms. The van der Waals surface area contributed by atoms with Crippen molar-refractivity contribution in [2.24, 2.45) is 0 Å². The first-order valence-corrected chi connectivity index (χ1v) is 7.70. The molecule has 1 fully saturated rings. The largest absolute Gasteiger partial charge is 0.375 e. The van der Waals surface area contributed by atoms with Gasteiger partial charge in [-0.25, -0.2) is 0 Å². The van der Waals surface area contributed by atoms with Crippen LogP contribution in [-0.4, -0.2) is 50.7 Å². The van der Waals surface area contributed by atoms with Gasteiger partial charge in [0.15, 0.2) is 0 Å². The van der Waals surface area contributed by atoms with Crippen molar-refractivity contribution in [3.8, 4) is 0 Å². The lowest BCUT2D eigenvalue weighted by atomic mass is 9.94. The molecule has 0 atom stereocenters. The number of ether oxygens (including phenoxy) is 1. The highest BCUT2D eigenvalue weighted by molar-refractivity contribution is 5.77. The third kappa shape index (κ3) is 7.53. The average molecular weight is 270 g/mol. The fourth-order valence-electron chi connectivity index (χ4n) is 2.78. The van der Waals surface area contributed by atoms with Crippen LogP contribution in [0.15, 0.2) is 0 Å². The maximum absolute atomic E-state index is 11.1. The quantitative estimate of drug-likeness (QED) is 0.653. The molecule has 0 unspecified atom stereocenters. The highest BCUT2D eigenvalue weighted by Crippen LogP contribution is 2.21. The lowest BCUT2D eigenvalue weighted by Crippen LogP contribution is -2.34. The number of amides is 1. The Morgan fingerprint density at radius 2 is 1.95 bits per heavy atom. The van der Waals surface area contributed by atoms with E-state index in [0.29, 0.717) is 0 Å². The monoisotopic (exact) mass is 270 g/mol. The number of nitrogens with one attached hydrogen (secondary N) is 1. The molecule has 19 heavy (non-hydrogen) atoms. The summed E-state index contributed by atoms with van der Waals surface area (Å²) in [5.41, 5.74) is 0. The number of methoxy groups -OCH3 is 1. The van der Waals surface area contributed by atoms with E-state index in [9.17, 15) is 4.79 Å². The van der Waals surface area contributed by atoms with Gasteiger partial charge in [-0.05, 0) is 39.3 Å². The molecule has 1 N–H and O–H groups in total. The van der Waals surface area contributed by atoms with E-state index >= 15 is 0 Å². The summed E-state index contributed by atoms with van der Waals surface area (Å²) in [5, 5.41) is 2.86. The Balaban J connectivity index is 1.93. The number of nitrogens with zero attached hydrogens (tertiary/aromatic N) is 1. The molecule has 0 aliphatic heterocycles. The minimum atomic E-state index is -0.0122. The van der Waals surface area contributed by atoms with Crippen LogP contribution >= 0.6 is 0 Å². The van der Waals surface area contributed by atoms with Gasteiger partial charge in [0.2, 0.25) is 5.91 Å². The number of rotatable bonds is 9. The van der Waals surface area contributed by atoms with Crippen molar-refractivity contribution in [2.45, 2.75) is 57.4 Å². The highest BCUT2D eigenvalue weighted by atomic mass is 16.5. The number of unbranched alkanes of at least 4 members (excludes halogenated alkanes) is 2. The van der Waals surface area contributed by atoms with Crippen LogP contribution in [0.25, 0.3) is 0 Å². The summed E-state index contributed by atoms with van der Waals surface area (Å²) in [7, 11) is 3.80. The average Bonchev–Trinajstić information content (AvgIpc) is 2.43. The van der Waals surface area contributed by atoms with Crippen LogP contribution in [0.2, 0.25) is 0 Å². The zero-order valence-electron chi connectivity index (χ0n) is 12.6. The number of hydrogen-bond acceptors (Lipinski definition) is 3. The van der Waals surface area contributed by atoms with Crippen molar-refractivity contribution in [2.75, 3.05) is 33.9 Å². The molecule has 0 radical (unpaired) electrons. The zero-order valence-corrected chi connectivity index (χ0v) is 12.6. The van der Waals surface area contributed by atoms with Gasteiger partial charge < -0.3 is 15.0 Å². The SMILES string of the molecule is COCC(=O)NCCCCCN(C)C1CCCCC1. The van der Waals surface area contributed by atoms with Crippen LogP contribution in [0.1, 0.15) is 51.4 Å². The van der Waals surface area contributed by atoms with Crippen molar-refractivity contribution >= 4 is 5.91 Å². The summed E-state index contributed by atoms with van der Waals surface area (Å²) >= 11 is 0. The summed E-state index contributed by atoms with van der Waals surface area (Å²) < 4.78 is 4.76. The lowest BCUT2D eigenvalue weighted by molar-refractivity contribution is -0.124. The first-order chi connectivity index (χ1) is 9.24. The second-order valence-electron chi connectivity index (χ2n) is 5.62. The van der Waals surface area contributed by atoms with Gasteiger partial charge in [0, 0.05) is 19.7 Å². The molecule has 0 bridgehead atoms. The van der Waals surface area contributed by atoms with E-state index < -0.39 is 0 Å². The second kappa shape index (κ2) is 10.2. The summed E-state index contributed by atoms with van der Waals surface area (Å²) in [4.78, 5) is 13.7. The first-order valence-electron chi connectivity index (χ1n) is 7.70. The van der Waals surface area contributed by atoms with Gasteiger partial charge in [-0.1, -0.05) is 25.7 Å². The minimum Gasteiger partial charge on any atom is -0.375 e. The fourth-order valence-corrected chi connectivity index (χ4v) is 2.78. The molecule has 112 valence electrons. The fraction of sp³-hybridized carbons (Fsp3) is 0.933. The molecular weight excluding hydrogens is 240 g/mol. The van der Waals surface area contributed by atoms with Gasteiger partial charge in [-0.15, -0.1) is 0 Å². The molecule has 1 aliphatic carbocycles. The third-order valence-electron chi connectivity index (χ3n) is 3.98. The second-order valence-corrected chi connectivity index (χ2v) is 5.62. The van der Waals surface area contributed by atoms with Crippen molar-refractivity contribution in [1.82, 2.24) is 10.2 Å². The smallest absolute Gasteiger partial charge is 0.245 e. The predicted molar refractivity (Wildman–Crippen MR) is 78.2 cm³/mol. The summed E-state index contributed by atoms with van der Waals surface area (Å²) in [6, 6.07) is 0.815. The standard InChI is InChI=1S/C15H30N2O2/c1-17(14-9-5-3-6-10-14)12-8-4-7-11-16-15(18)13-19-2/h14H,3-13H2,1-2H3,(H,16,18). The maximum atomic E-state index is 11.1. The third-order valence-corrected chi connectivity index (χ3v) is 3.98. The number of hydrogen-bond donors (Lipinski definition) is 1. The Morgan fingerprint density at radius 1 is 1.21 bits per heavy atom. The van der Waals surface area contributed by atoms with Crippen LogP contribution in [0.5, 0.6) is 0 Å². The van der Waals surface area contributed by atoms with E-state index in [1.54, 1.807) is 7.11 Å². The van der Waals surface area contributed by atoms with E-state index in [0.717, 1.165) is 19.0 Å². The molecule has 1 saturated carbocycles. The zero-order chi connectivity index (χ0) is 13.9. The predicted octanol–water partition coefficient (Wildman–Crippen LogP) is 2.18. The molecule has 4 nitrogen and oxygen atoms in total. The number of carbonyl (C=O) groups excluding carboxylic acids is 1. The highest BCUT2D eigenvalue weighted by Gasteiger charge is 2.16. The maximum Gasteiger partial charge on any atom is 0.245 e. The van der Waals surface area contributed by atoms with Crippen molar-refractivity contribution in [1.29, 1.82) is 0 Å². The Kier molecular flexibility index (Phi) is 8.84. The molecule has 0 heterocycles. The Labute approximate surface area is 117 Å². The van der Waals surface area contributed by atoms with E-state index in [1.165, 1.54) is 51.5 Å². The van der Waals surface area contributed by atoms with Gasteiger partial charge in [0.05, 0.1) is 0 Å². The summed E-state index contributed by atoms with van der Waals surface area (Å²) in [6.07, 6.45) is 10.5. The van der Waals surface area contributed by atoms with Gasteiger partial charge in [-0.3, -0.25) is 4.79 Å². The first kappa shape index (κ1) is 16.4. The Hall–Kier alpha value is -0.610.